The van der Waals surface area contributed by atoms with Crippen molar-refractivity contribution in [1.82, 2.24) is 9.55 Å². The normalized spacial score (nSPS) is 13.4. The molecule has 0 aliphatic carbocycles. The Morgan fingerprint density at radius 2 is 1.62 bits per heavy atom. The predicted octanol–water partition coefficient (Wildman–Crippen LogP) is 6.32. The summed E-state index contributed by atoms with van der Waals surface area (Å²) in [6, 6.07) is 33.1. The fraction of sp³-hybridized carbons (Fsp3) is 0.0606. The number of amides is 1. The smallest absolute Gasteiger partial charge is 0.337 e. The van der Waals surface area contributed by atoms with Crippen molar-refractivity contribution in [2.24, 2.45) is 0 Å². The molecule has 40 heavy (non-hydrogen) atoms. The predicted molar refractivity (Wildman–Crippen MR) is 156 cm³/mol. The van der Waals surface area contributed by atoms with Crippen LogP contribution in [-0.2, 0) is 16.1 Å². The summed E-state index contributed by atoms with van der Waals surface area (Å²) in [6.07, 6.45) is 3.79. The second-order valence-electron chi connectivity index (χ2n) is 9.39. The molecule has 2 N–H and O–H groups in total. The van der Waals surface area contributed by atoms with Gasteiger partial charge in [-0.2, -0.15) is 0 Å². The summed E-state index contributed by atoms with van der Waals surface area (Å²) in [5.74, 6) is 0.172. The molecule has 0 fully saturated rings. The lowest BCUT2D eigenvalue weighted by atomic mass is 9.99. The van der Waals surface area contributed by atoms with Crippen molar-refractivity contribution >= 4 is 34.5 Å². The van der Waals surface area contributed by atoms with Crippen molar-refractivity contribution in [2.75, 3.05) is 17.7 Å². The van der Waals surface area contributed by atoms with Crippen molar-refractivity contribution in [2.45, 2.75) is 6.54 Å². The van der Waals surface area contributed by atoms with Crippen LogP contribution in [0.5, 0.6) is 0 Å². The molecule has 196 valence electrons. The van der Waals surface area contributed by atoms with Gasteiger partial charge in [0.1, 0.15) is 5.82 Å². The average molecular weight is 527 g/mol. The van der Waals surface area contributed by atoms with Gasteiger partial charge in [0.2, 0.25) is 0 Å². The molecule has 5 aromatic rings. The summed E-state index contributed by atoms with van der Waals surface area (Å²) in [5, 5.41) is 6.39. The molecule has 0 atom stereocenters. The molecule has 0 saturated heterocycles. The number of ether oxygens (including phenoxy) is 1. The third-order valence-electron chi connectivity index (χ3n) is 6.82. The van der Waals surface area contributed by atoms with E-state index < -0.39 is 5.97 Å². The molecule has 1 aliphatic rings. The van der Waals surface area contributed by atoms with Crippen LogP contribution < -0.4 is 10.6 Å². The Bertz CT molecular complexity index is 1720. The Hall–Kier alpha value is -5.43. The van der Waals surface area contributed by atoms with Gasteiger partial charge in [-0.3, -0.25) is 4.79 Å². The number of fused-ring (bicyclic) bond motifs is 1. The Balaban J connectivity index is 1.34. The van der Waals surface area contributed by atoms with Crippen molar-refractivity contribution in [1.29, 1.82) is 0 Å². The maximum atomic E-state index is 13.2. The van der Waals surface area contributed by atoms with Crippen molar-refractivity contribution in [3.8, 4) is 11.4 Å². The topological polar surface area (TPSA) is 85.2 Å². The number of aromatic nitrogens is 2. The first kappa shape index (κ1) is 24.9. The molecule has 0 radical (unpaired) electrons. The number of nitrogens with zero attached hydrogens (tertiary/aromatic N) is 2. The minimum atomic E-state index is -0.458. The molecule has 1 amide bonds. The standard InChI is InChI=1S/C33H26N4O3/c1-40-33(39)25-14-17-27-28(20-25)36-32(38)29(27)30(23-10-6-3-7-11-23)35-26-15-12-24(13-16-26)31-34-18-19-37(31)21-22-8-4-2-5-9-22/h2-20,35H,21H2,1H3,(H,36,38)/b30-29-. The number of carbonyl (C=O) groups excluding carboxylic acids is 2. The van der Waals surface area contributed by atoms with Gasteiger partial charge >= 0.3 is 5.97 Å². The minimum Gasteiger partial charge on any atom is -0.465 e. The number of anilines is 2. The van der Waals surface area contributed by atoms with Crippen molar-refractivity contribution in [3.63, 3.8) is 0 Å². The molecule has 0 bridgehead atoms. The number of nitrogens with one attached hydrogen (secondary N) is 2. The molecule has 7 heteroatoms. The molecular formula is C33H26N4O3. The first-order chi connectivity index (χ1) is 19.6. The maximum absolute atomic E-state index is 13.2. The van der Waals surface area contributed by atoms with Gasteiger partial charge in [-0.15, -0.1) is 0 Å². The maximum Gasteiger partial charge on any atom is 0.337 e. The van der Waals surface area contributed by atoms with Crippen molar-refractivity contribution in [3.05, 3.63) is 138 Å². The average Bonchev–Trinajstić information content (AvgIpc) is 3.59. The highest BCUT2D eigenvalue weighted by Gasteiger charge is 2.29. The first-order valence-electron chi connectivity index (χ1n) is 12.9. The van der Waals surface area contributed by atoms with E-state index in [1.807, 2.05) is 85.2 Å². The summed E-state index contributed by atoms with van der Waals surface area (Å²) >= 11 is 0. The van der Waals surface area contributed by atoms with Crippen molar-refractivity contribution < 1.29 is 14.3 Å². The molecular weight excluding hydrogens is 500 g/mol. The number of rotatable bonds is 7. The summed E-state index contributed by atoms with van der Waals surface area (Å²) in [7, 11) is 1.33. The quantitative estimate of drug-likeness (QED) is 0.192. The zero-order valence-electron chi connectivity index (χ0n) is 21.8. The number of methoxy groups -OCH3 is 1. The van der Waals surface area contributed by atoms with E-state index >= 15 is 0 Å². The highest BCUT2D eigenvalue weighted by Crippen LogP contribution is 2.38. The van der Waals surface area contributed by atoms with Crippen LogP contribution in [-0.4, -0.2) is 28.5 Å². The van der Waals surface area contributed by atoms with E-state index in [0.29, 0.717) is 28.1 Å². The van der Waals surface area contributed by atoms with Crippen LogP contribution in [0.25, 0.3) is 22.7 Å². The van der Waals surface area contributed by atoms with Crippen LogP contribution in [0.2, 0.25) is 0 Å². The van der Waals surface area contributed by atoms with Gasteiger partial charge in [-0.1, -0.05) is 66.7 Å². The van der Waals surface area contributed by atoms with Crippen LogP contribution in [0.4, 0.5) is 11.4 Å². The van der Waals surface area contributed by atoms with Gasteiger partial charge in [-0.25, -0.2) is 9.78 Å². The first-order valence-corrected chi connectivity index (χ1v) is 12.9. The van der Waals surface area contributed by atoms with Crippen LogP contribution in [0.3, 0.4) is 0 Å². The summed E-state index contributed by atoms with van der Waals surface area (Å²) < 4.78 is 6.96. The Kier molecular flexibility index (Phi) is 6.68. The molecule has 6 rings (SSSR count). The summed E-state index contributed by atoms with van der Waals surface area (Å²) in [4.78, 5) is 29.9. The highest BCUT2D eigenvalue weighted by molar-refractivity contribution is 6.37. The van der Waals surface area contributed by atoms with Gasteiger partial charge in [0.25, 0.3) is 5.91 Å². The minimum absolute atomic E-state index is 0.247. The highest BCUT2D eigenvalue weighted by atomic mass is 16.5. The molecule has 0 saturated carbocycles. The fourth-order valence-electron chi connectivity index (χ4n) is 4.87. The number of imidazole rings is 1. The van der Waals surface area contributed by atoms with Gasteiger partial charge in [0, 0.05) is 35.8 Å². The lowest BCUT2D eigenvalue weighted by Crippen LogP contribution is -2.10. The Morgan fingerprint density at radius 1 is 0.900 bits per heavy atom. The van der Waals surface area contributed by atoms with E-state index in [0.717, 1.165) is 29.2 Å². The van der Waals surface area contributed by atoms with E-state index in [1.165, 1.54) is 12.7 Å². The van der Waals surface area contributed by atoms with E-state index in [2.05, 4.69) is 32.3 Å². The second kappa shape index (κ2) is 10.7. The van der Waals surface area contributed by atoms with Gasteiger partial charge in [0.05, 0.1) is 29.6 Å². The Morgan fingerprint density at radius 3 is 2.35 bits per heavy atom. The monoisotopic (exact) mass is 526 g/mol. The number of hydrogen-bond donors (Lipinski definition) is 2. The third-order valence-corrected chi connectivity index (χ3v) is 6.82. The van der Waals surface area contributed by atoms with E-state index in [9.17, 15) is 9.59 Å². The molecule has 2 heterocycles. The zero-order valence-corrected chi connectivity index (χ0v) is 21.8. The van der Waals surface area contributed by atoms with E-state index in [-0.39, 0.29) is 5.91 Å². The van der Waals surface area contributed by atoms with Gasteiger partial charge < -0.3 is 19.9 Å². The van der Waals surface area contributed by atoms with Crippen LogP contribution >= 0.6 is 0 Å². The zero-order chi connectivity index (χ0) is 27.5. The largest absolute Gasteiger partial charge is 0.465 e. The lowest BCUT2D eigenvalue weighted by molar-refractivity contribution is -0.110. The summed E-state index contributed by atoms with van der Waals surface area (Å²) in [5.41, 5.74) is 6.69. The van der Waals surface area contributed by atoms with Crippen LogP contribution in [0.1, 0.15) is 27.0 Å². The lowest BCUT2D eigenvalue weighted by Gasteiger charge is -2.15. The second-order valence-corrected chi connectivity index (χ2v) is 9.39. The van der Waals surface area contributed by atoms with Crippen LogP contribution in [0, 0.1) is 0 Å². The number of carbonyl (C=O) groups is 2. The molecule has 7 nitrogen and oxygen atoms in total. The van der Waals surface area contributed by atoms with E-state index in [4.69, 9.17) is 4.74 Å². The van der Waals surface area contributed by atoms with Crippen LogP contribution in [0.15, 0.2) is 116 Å². The summed E-state index contributed by atoms with van der Waals surface area (Å²) in [6.45, 7) is 0.729. The molecule has 0 spiro atoms. The number of hydrogen-bond acceptors (Lipinski definition) is 5. The third kappa shape index (κ3) is 4.88. The molecule has 1 aliphatic heterocycles. The SMILES string of the molecule is COC(=O)c1ccc2c(c1)NC(=O)/C2=C(\Nc1ccc(-c2nccn2Cc2ccccc2)cc1)c1ccccc1. The van der Waals surface area contributed by atoms with Gasteiger partial charge in [0.15, 0.2) is 0 Å². The number of esters is 1. The molecule has 1 aromatic heterocycles. The fourth-order valence-corrected chi connectivity index (χ4v) is 4.87. The van der Waals surface area contributed by atoms with E-state index in [1.54, 1.807) is 18.2 Å². The Labute approximate surface area is 231 Å². The number of benzene rings is 4. The molecule has 0 unspecified atom stereocenters. The molecule has 4 aromatic carbocycles. The van der Waals surface area contributed by atoms with Gasteiger partial charge in [-0.05, 0) is 47.5 Å².